The standard InChI is InChI=1S/C15H11F3N2OS/c1-9-4-2-5-10-12(11-6-3-7-22-11)19-14(21)20(13(9)10)8-15(16,17)18/h2-7H,8H2,1H3. The molecule has 22 heavy (non-hydrogen) atoms. The minimum Gasteiger partial charge on any atom is -0.282 e. The van der Waals surface area contributed by atoms with Gasteiger partial charge in [-0.15, -0.1) is 11.3 Å². The zero-order valence-electron chi connectivity index (χ0n) is 11.5. The highest BCUT2D eigenvalue weighted by Gasteiger charge is 2.30. The third-order valence-electron chi connectivity index (χ3n) is 3.29. The molecule has 2 heterocycles. The Morgan fingerprint density at radius 3 is 2.64 bits per heavy atom. The van der Waals surface area contributed by atoms with Gasteiger partial charge in [0.2, 0.25) is 0 Å². The van der Waals surface area contributed by atoms with Crippen LogP contribution in [-0.4, -0.2) is 15.7 Å². The summed E-state index contributed by atoms with van der Waals surface area (Å²) < 4.78 is 39.0. The Kier molecular flexibility index (Phi) is 3.52. The number of rotatable bonds is 2. The van der Waals surface area contributed by atoms with Crippen LogP contribution < -0.4 is 5.69 Å². The fourth-order valence-corrected chi connectivity index (χ4v) is 3.18. The zero-order chi connectivity index (χ0) is 15.9. The Labute approximate surface area is 127 Å². The van der Waals surface area contributed by atoms with Gasteiger partial charge in [0.05, 0.1) is 16.1 Å². The summed E-state index contributed by atoms with van der Waals surface area (Å²) in [6.07, 6.45) is -4.48. The summed E-state index contributed by atoms with van der Waals surface area (Å²) in [7, 11) is 0. The first kappa shape index (κ1) is 14.8. The molecule has 0 unspecified atom stereocenters. The van der Waals surface area contributed by atoms with E-state index in [0.717, 1.165) is 4.88 Å². The van der Waals surface area contributed by atoms with Gasteiger partial charge in [0, 0.05) is 5.39 Å². The summed E-state index contributed by atoms with van der Waals surface area (Å²) in [5.74, 6) is 0. The van der Waals surface area contributed by atoms with Crippen LogP contribution in [0, 0.1) is 6.92 Å². The second-order valence-electron chi connectivity index (χ2n) is 4.89. The molecule has 0 spiro atoms. The Morgan fingerprint density at radius 1 is 1.23 bits per heavy atom. The van der Waals surface area contributed by atoms with Gasteiger partial charge in [-0.2, -0.15) is 18.2 Å². The van der Waals surface area contributed by atoms with Crippen molar-refractivity contribution in [1.29, 1.82) is 0 Å². The Bertz CT molecular complexity index is 882. The number of benzene rings is 1. The highest BCUT2D eigenvalue weighted by atomic mass is 32.1. The number of hydrogen-bond donors (Lipinski definition) is 0. The third-order valence-corrected chi connectivity index (χ3v) is 4.17. The lowest BCUT2D eigenvalue weighted by molar-refractivity contribution is -0.140. The van der Waals surface area contributed by atoms with Crippen molar-refractivity contribution in [3.8, 4) is 10.6 Å². The SMILES string of the molecule is Cc1cccc2c(-c3cccs3)nc(=O)n(CC(F)(F)F)c12. The van der Waals surface area contributed by atoms with Gasteiger partial charge in [-0.3, -0.25) is 4.57 Å². The van der Waals surface area contributed by atoms with E-state index in [4.69, 9.17) is 0 Å². The first-order valence-electron chi connectivity index (χ1n) is 6.47. The van der Waals surface area contributed by atoms with Crippen LogP contribution >= 0.6 is 11.3 Å². The number of aromatic nitrogens is 2. The van der Waals surface area contributed by atoms with Crippen molar-refractivity contribution >= 4 is 22.2 Å². The number of nitrogens with zero attached hydrogens (tertiary/aromatic N) is 2. The highest BCUT2D eigenvalue weighted by molar-refractivity contribution is 7.13. The average Bonchev–Trinajstić information content (AvgIpc) is 2.94. The van der Waals surface area contributed by atoms with Gasteiger partial charge >= 0.3 is 11.9 Å². The molecule has 1 aromatic carbocycles. The molecule has 2 aromatic heterocycles. The van der Waals surface area contributed by atoms with Gasteiger partial charge in [-0.1, -0.05) is 24.3 Å². The smallest absolute Gasteiger partial charge is 0.282 e. The molecule has 114 valence electrons. The van der Waals surface area contributed by atoms with Crippen LogP contribution in [0.5, 0.6) is 0 Å². The summed E-state index contributed by atoms with van der Waals surface area (Å²) >= 11 is 1.39. The Balaban J connectivity index is 2.38. The van der Waals surface area contributed by atoms with Gasteiger partial charge in [0.25, 0.3) is 0 Å². The predicted octanol–water partition coefficient (Wildman–Crippen LogP) is 4.00. The summed E-state index contributed by atoms with van der Waals surface area (Å²) in [6, 6.07) is 8.73. The van der Waals surface area contributed by atoms with E-state index in [2.05, 4.69) is 4.98 Å². The number of hydrogen-bond acceptors (Lipinski definition) is 3. The van der Waals surface area contributed by atoms with Crippen LogP contribution in [0.1, 0.15) is 5.56 Å². The van der Waals surface area contributed by atoms with Crippen LogP contribution in [0.2, 0.25) is 0 Å². The largest absolute Gasteiger partial charge is 0.406 e. The molecular weight excluding hydrogens is 313 g/mol. The molecule has 3 nitrogen and oxygen atoms in total. The van der Waals surface area contributed by atoms with E-state index in [-0.39, 0.29) is 5.52 Å². The second-order valence-corrected chi connectivity index (χ2v) is 5.84. The van der Waals surface area contributed by atoms with Crippen molar-refractivity contribution < 1.29 is 13.2 Å². The summed E-state index contributed by atoms with van der Waals surface area (Å²) in [5.41, 5.74) is 0.432. The molecular formula is C15H11F3N2OS. The lowest BCUT2D eigenvalue weighted by Crippen LogP contribution is -2.30. The Hall–Kier alpha value is -2.15. The van der Waals surface area contributed by atoms with Crippen molar-refractivity contribution in [2.45, 2.75) is 19.6 Å². The molecule has 3 rings (SSSR count). The van der Waals surface area contributed by atoms with Crippen molar-refractivity contribution in [3.63, 3.8) is 0 Å². The molecule has 0 atom stereocenters. The molecule has 0 radical (unpaired) electrons. The minimum atomic E-state index is -4.48. The molecule has 0 saturated heterocycles. The van der Waals surface area contributed by atoms with E-state index in [9.17, 15) is 18.0 Å². The van der Waals surface area contributed by atoms with E-state index >= 15 is 0 Å². The van der Waals surface area contributed by atoms with Crippen molar-refractivity contribution in [2.75, 3.05) is 0 Å². The maximum absolute atomic E-state index is 12.8. The molecule has 7 heteroatoms. The molecule has 0 saturated carbocycles. The van der Waals surface area contributed by atoms with Crippen LogP contribution in [-0.2, 0) is 6.54 Å². The minimum absolute atomic E-state index is 0.281. The molecule has 0 aliphatic carbocycles. The van der Waals surface area contributed by atoms with E-state index < -0.39 is 18.4 Å². The number of thiophene rings is 1. The van der Waals surface area contributed by atoms with Gasteiger partial charge in [-0.25, -0.2) is 4.79 Å². The first-order valence-corrected chi connectivity index (χ1v) is 7.35. The molecule has 0 amide bonds. The van der Waals surface area contributed by atoms with Crippen LogP contribution in [0.25, 0.3) is 21.5 Å². The molecule has 0 bridgehead atoms. The normalized spacial score (nSPS) is 12.0. The number of para-hydroxylation sites is 1. The van der Waals surface area contributed by atoms with E-state index in [1.54, 1.807) is 31.2 Å². The maximum atomic E-state index is 12.8. The number of fused-ring (bicyclic) bond motifs is 1. The fourth-order valence-electron chi connectivity index (χ4n) is 2.45. The molecule has 0 aliphatic heterocycles. The molecule has 3 aromatic rings. The van der Waals surface area contributed by atoms with Gasteiger partial charge < -0.3 is 0 Å². The molecule has 0 aliphatic rings. The number of alkyl halides is 3. The third kappa shape index (κ3) is 2.64. The summed E-state index contributed by atoms with van der Waals surface area (Å²) in [6.45, 7) is 0.345. The lowest BCUT2D eigenvalue weighted by atomic mass is 10.1. The summed E-state index contributed by atoms with van der Waals surface area (Å²) in [4.78, 5) is 16.8. The van der Waals surface area contributed by atoms with Crippen molar-refractivity contribution in [3.05, 3.63) is 51.8 Å². The highest BCUT2D eigenvalue weighted by Crippen LogP contribution is 2.31. The van der Waals surface area contributed by atoms with E-state index in [0.29, 0.717) is 21.2 Å². The monoisotopic (exact) mass is 324 g/mol. The lowest BCUT2D eigenvalue weighted by Gasteiger charge is -2.15. The fraction of sp³-hybridized carbons (Fsp3) is 0.200. The van der Waals surface area contributed by atoms with Gasteiger partial charge in [0.15, 0.2) is 0 Å². The predicted molar refractivity (Wildman–Crippen MR) is 80.1 cm³/mol. The molecule has 0 N–H and O–H groups in total. The first-order chi connectivity index (χ1) is 10.4. The van der Waals surface area contributed by atoms with Crippen LogP contribution in [0.3, 0.4) is 0 Å². The average molecular weight is 324 g/mol. The van der Waals surface area contributed by atoms with Gasteiger partial charge in [0.1, 0.15) is 6.54 Å². The maximum Gasteiger partial charge on any atom is 0.406 e. The Morgan fingerprint density at radius 2 is 2.00 bits per heavy atom. The zero-order valence-corrected chi connectivity index (χ0v) is 12.3. The van der Waals surface area contributed by atoms with Crippen LogP contribution in [0.15, 0.2) is 40.5 Å². The van der Waals surface area contributed by atoms with Crippen LogP contribution in [0.4, 0.5) is 13.2 Å². The van der Waals surface area contributed by atoms with Crippen molar-refractivity contribution in [1.82, 2.24) is 9.55 Å². The van der Waals surface area contributed by atoms with E-state index in [1.807, 2.05) is 11.4 Å². The van der Waals surface area contributed by atoms with Crippen molar-refractivity contribution in [2.24, 2.45) is 0 Å². The number of aryl methyl sites for hydroxylation is 1. The van der Waals surface area contributed by atoms with Gasteiger partial charge in [-0.05, 0) is 23.9 Å². The number of halogens is 3. The van der Waals surface area contributed by atoms with E-state index in [1.165, 1.54) is 11.3 Å². The topological polar surface area (TPSA) is 34.9 Å². The summed E-state index contributed by atoms with van der Waals surface area (Å²) in [5, 5.41) is 2.38. The second kappa shape index (κ2) is 5.24. The molecule has 0 fully saturated rings. The quantitative estimate of drug-likeness (QED) is 0.714.